The van der Waals surface area contributed by atoms with Crippen molar-refractivity contribution >= 4 is 6.03 Å². The highest BCUT2D eigenvalue weighted by atomic mass is 16.2. The van der Waals surface area contributed by atoms with Crippen molar-refractivity contribution in [1.29, 1.82) is 5.26 Å². The molecule has 0 aromatic rings. The maximum absolute atomic E-state index is 12.2. The summed E-state index contributed by atoms with van der Waals surface area (Å²) in [7, 11) is 0. The van der Waals surface area contributed by atoms with Gasteiger partial charge < -0.3 is 16.0 Å². The molecule has 106 valence electrons. The van der Waals surface area contributed by atoms with Crippen LogP contribution in [-0.2, 0) is 0 Å². The molecule has 1 aliphatic heterocycles. The van der Waals surface area contributed by atoms with Gasteiger partial charge in [0.15, 0.2) is 0 Å². The van der Waals surface area contributed by atoms with Gasteiger partial charge in [-0.2, -0.15) is 5.26 Å². The zero-order valence-electron chi connectivity index (χ0n) is 11.5. The van der Waals surface area contributed by atoms with E-state index in [2.05, 4.69) is 11.4 Å². The van der Waals surface area contributed by atoms with Gasteiger partial charge in [-0.3, -0.25) is 0 Å². The molecule has 2 atom stereocenters. The van der Waals surface area contributed by atoms with Gasteiger partial charge in [0.2, 0.25) is 0 Å². The second-order valence-electron chi connectivity index (χ2n) is 5.67. The van der Waals surface area contributed by atoms with E-state index in [4.69, 9.17) is 11.0 Å². The molecule has 0 aromatic carbocycles. The van der Waals surface area contributed by atoms with E-state index in [0.717, 1.165) is 25.7 Å². The van der Waals surface area contributed by atoms with Crippen molar-refractivity contribution in [1.82, 2.24) is 10.2 Å². The van der Waals surface area contributed by atoms with Gasteiger partial charge in [-0.1, -0.05) is 19.3 Å². The first kappa shape index (κ1) is 14.1. The first-order valence-corrected chi connectivity index (χ1v) is 7.43. The SMILES string of the molecule is N#C[C@@H]1CCCN1C(=O)N[C@@H](CN)C1CCCCC1. The minimum absolute atomic E-state index is 0.0627. The van der Waals surface area contributed by atoms with Crippen LogP contribution < -0.4 is 11.1 Å². The molecule has 2 aliphatic rings. The van der Waals surface area contributed by atoms with Gasteiger partial charge in [-0.25, -0.2) is 4.79 Å². The standard InChI is InChI=1S/C14H24N4O/c15-9-12-7-4-8-18(12)14(19)17-13(10-16)11-5-2-1-3-6-11/h11-13H,1-8,10,16H2,(H,17,19)/t12-,13-/m0/s1. The van der Waals surface area contributed by atoms with Crippen molar-refractivity contribution in [2.45, 2.75) is 57.0 Å². The van der Waals surface area contributed by atoms with Crippen molar-refractivity contribution in [2.24, 2.45) is 11.7 Å². The monoisotopic (exact) mass is 264 g/mol. The van der Waals surface area contributed by atoms with Crippen molar-refractivity contribution < 1.29 is 4.79 Å². The molecule has 1 heterocycles. The summed E-state index contributed by atoms with van der Waals surface area (Å²) < 4.78 is 0. The van der Waals surface area contributed by atoms with Crippen molar-refractivity contribution in [3.63, 3.8) is 0 Å². The Balaban J connectivity index is 1.90. The molecule has 2 amide bonds. The Kier molecular flexibility index (Phi) is 5.03. The normalized spacial score (nSPS) is 25.9. The van der Waals surface area contributed by atoms with E-state index in [9.17, 15) is 4.79 Å². The number of amides is 2. The Bertz CT molecular complexity index is 346. The molecule has 1 saturated heterocycles. The van der Waals surface area contributed by atoms with E-state index in [0.29, 0.717) is 19.0 Å². The van der Waals surface area contributed by atoms with E-state index in [-0.39, 0.29) is 18.1 Å². The summed E-state index contributed by atoms with van der Waals surface area (Å²) in [5.41, 5.74) is 5.82. The maximum atomic E-state index is 12.2. The van der Waals surface area contributed by atoms with E-state index in [1.807, 2.05) is 0 Å². The number of hydrogen-bond acceptors (Lipinski definition) is 3. The number of likely N-dealkylation sites (tertiary alicyclic amines) is 1. The fourth-order valence-corrected chi connectivity index (χ4v) is 3.29. The molecule has 0 radical (unpaired) electrons. The van der Waals surface area contributed by atoms with Crippen molar-refractivity contribution in [2.75, 3.05) is 13.1 Å². The Morgan fingerprint density at radius 2 is 2.05 bits per heavy atom. The summed E-state index contributed by atoms with van der Waals surface area (Å²) in [6.45, 7) is 1.17. The first-order valence-electron chi connectivity index (χ1n) is 7.43. The number of nitrogens with two attached hydrogens (primary N) is 1. The van der Waals surface area contributed by atoms with Crippen LogP contribution in [0.15, 0.2) is 0 Å². The third kappa shape index (κ3) is 3.38. The summed E-state index contributed by atoms with van der Waals surface area (Å²) in [6, 6.07) is 1.90. The Morgan fingerprint density at radius 3 is 2.68 bits per heavy atom. The Labute approximate surface area is 115 Å². The summed E-state index contributed by atoms with van der Waals surface area (Å²) in [4.78, 5) is 13.9. The molecule has 2 fully saturated rings. The fraction of sp³-hybridized carbons (Fsp3) is 0.857. The number of carbonyl (C=O) groups is 1. The third-order valence-electron chi connectivity index (χ3n) is 4.44. The van der Waals surface area contributed by atoms with Crippen LogP contribution in [0.3, 0.4) is 0 Å². The fourth-order valence-electron chi connectivity index (χ4n) is 3.29. The number of nitrogens with one attached hydrogen (secondary N) is 1. The van der Waals surface area contributed by atoms with Crippen LogP contribution in [0.2, 0.25) is 0 Å². The van der Waals surface area contributed by atoms with Gasteiger partial charge in [0.1, 0.15) is 6.04 Å². The predicted molar refractivity (Wildman–Crippen MR) is 73.3 cm³/mol. The Morgan fingerprint density at radius 1 is 1.32 bits per heavy atom. The van der Waals surface area contributed by atoms with E-state index < -0.39 is 0 Å². The van der Waals surface area contributed by atoms with Crippen LogP contribution in [0.4, 0.5) is 4.79 Å². The zero-order chi connectivity index (χ0) is 13.7. The van der Waals surface area contributed by atoms with Gasteiger partial charge in [0.25, 0.3) is 0 Å². The van der Waals surface area contributed by atoms with Gasteiger partial charge in [0.05, 0.1) is 6.07 Å². The van der Waals surface area contributed by atoms with Gasteiger partial charge >= 0.3 is 6.03 Å². The molecule has 0 unspecified atom stereocenters. The molecule has 5 heteroatoms. The quantitative estimate of drug-likeness (QED) is 0.812. The molecule has 1 saturated carbocycles. The minimum atomic E-state index is -0.259. The Hall–Kier alpha value is -1.28. The lowest BCUT2D eigenvalue weighted by Gasteiger charge is -2.32. The highest BCUT2D eigenvalue weighted by molar-refractivity contribution is 5.75. The predicted octanol–water partition coefficient (Wildman–Crippen LogP) is 1.59. The van der Waals surface area contributed by atoms with Crippen LogP contribution in [0.5, 0.6) is 0 Å². The summed E-state index contributed by atoms with van der Waals surface area (Å²) in [6.07, 6.45) is 7.80. The summed E-state index contributed by atoms with van der Waals surface area (Å²) in [5.74, 6) is 0.505. The number of rotatable bonds is 3. The lowest BCUT2D eigenvalue weighted by Crippen LogP contribution is -2.51. The van der Waals surface area contributed by atoms with Gasteiger partial charge in [-0.05, 0) is 31.6 Å². The molecular weight excluding hydrogens is 240 g/mol. The summed E-state index contributed by atoms with van der Waals surface area (Å²) >= 11 is 0. The lowest BCUT2D eigenvalue weighted by atomic mass is 9.84. The average Bonchev–Trinajstić information content (AvgIpc) is 2.94. The minimum Gasteiger partial charge on any atom is -0.334 e. The van der Waals surface area contributed by atoms with Crippen LogP contribution >= 0.6 is 0 Å². The molecule has 5 nitrogen and oxygen atoms in total. The molecular formula is C14H24N4O. The highest BCUT2D eigenvalue weighted by Crippen LogP contribution is 2.26. The number of carbonyl (C=O) groups excluding carboxylic acids is 1. The molecule has 1 aliphatic carbocycles. The molecule has 0 aromatic heterocycles. The highest BCUT2D eigenvalue weighted by Gasteiger charge is 2.31. The van der Waals surface area contributed by atoms with Crippen molar-refractivity contribution in [3.8, 4) is 6.07 Å². The van der Waals surface area contributed by atoms with Crippen LogP contribution in [0, 0.1) is 17.2 Å². The van der Waals surface area contributed by atoms with E-state index in [1.54, 1.807) is 4.90 Å². The second kappa shape index (κ2) is 6.76. The van der Waals surface area contributed by atoms with Gasteiger partial charge in [-0.15, -0.1) is 0 Å². The van der Waals surface area contributed by atoms with E-state index >= 15 is 0 Å². The van der Waals surface area contributed by atoms with Gasteiger partial charge in [0, 0.05) is 19.1 Å². The van der Waals surface area contributed by atoms with Crippen LogP contribution in [0.1, 0.15) is 44.9 Å². The maximum Gasteiger partial charge on any atom is 0.318 e. The summed E-state index contributed by atoms with van der Waals surface area (Å²) in [5, 5.41) is 12.1. The average molecular weight is 264 g/mol. The topological polar surface area (TPSA) is 82.2 Å². The second-order valence-corrected chi connectivity index (χ2v) is 5.67. The molecule has 2 rings (SSSR count). The molecule has 3 N–H and O–H groups in total. The lowest BCUT2D eigenvalue weighted by molar-refractivity contribution is 0.186. The number of hydrogen-bond donors (Lipinski definition) is 2. The number of nitrogens with zero attached hydrogens (tertiary/aromatic N) is 2. The van der Waals surface area contributed by atoms with Crippen LogP contribution in [-0.4, -0.2) is 36.1 Å². The zero-order valence-corrected chi connectivity index (χ0v) is 11.5. The number of nitriles is 1. The largest absolute Gasteiger partial charge is 0.334 e. The first-order chi connectivity index (χ1) is 9.26. The smallest absolute Gasteiger partial charge is 0.318 e. The molecule has 0 bridgehead atoms. The van der Waals surface area contributed by atoms with Crippen molar-refractivity contribution in [3.05, 3.63) is 0 Å². The molecule has 0 spiro atoms. The number of urea groups is 1. The van der Waals surface area contributed by atoms with Crippen LogP contribution in [0.25, 0.3) is 0 Å². The molecule has 19 heavy (non-hydrogen) atoms. The van der Waals surface area contributed by atoms with E-state index in [1.165, 1.54) is 19.3 Å². The third-order valence-corrected chi connectivity index (χ3v) is 4.44.